The van der Waals surface area contributed by atoms with Crippen LogP contribution < -0.4 is 15.6 Å². The zero-order valence-electron chi connectivity index (χ0n) is 15.8. The van der Waals surface area contributed by atoms with E-state index in [2.05, 4.69) is 15.8 Å². The lowest BCUT2D eigenvalue weighted by molar-refractivity contribution is -0.119. The lowest BCUT2D eigenvalue weighted by atomic mass is 10.2. The number of likely N-dealkylation sites (N-methyl/N-ethyl adjacent to an activating group) is 1. The van der Waals surface area contributed by atoms with Gasteiger partial charge in [0.05, 0.1) is 18.8 Å². The Balaban J connectivity index is 1.86. The average molecular weight is 366 g/mol. The van der Waals surface area contributed by atoms with Gasteiger partial charge in [-0.1, -0.05) is 43.3 Å². The maximum absolute atomic E-state index is 12.2. The molecular formula is C21H26N4O2. The van der Waals surface area contributed by atoms with Gasteiger partial charge < -0.3 is 10.2 Å². The van der Waals surface area contributed by atoms with Gasteiger partial charge in [-0.05, 0) is 37.6 Å². The largest absolute Gasteiger partial charge is 0.362 e. The summed E-state index contributed by atoms with van der Waals surface area (Å²) in [4.78, 5) is 26.3. The Morgan fingerprint density at radius 2 is 1.59 bits per heavy atom. The highest BCUT2D eigenvalue weighted by Crippen LogP contribution is 2.11. The molecule has 2 aromatic rings. The second kappa shape index (κ2) is 10.8. The minimum Gasteiger partial charge on any atom is -0.362 e. The molecule has 142 valence electrons. The fraction of sp³-hybridized carbons (Fsp3) is 0.286. The topological polar surface area (TPSA) is 73.8 Å². The van der Waals surface area contributed by atoms with Crippen molar-refractivity contribution >= 4 is 23.2 Å². The van der Waals surface area contributed by atoms with Crippen LogP contribution >= 0.6 is 0 Å². The fourth-order valence-corrected chi connectivity index (χ4v) is 2.49. The van der Waals surface area contributed by atoms with E-state index in [-0.39, 0.29) is 18.4 Å². The van der Waals surface area contributed by atoms with Gasteiger partial charge >= 0.3 is 0 Å². The molecule has 0 saturated heterocycles. The molecule has 0 bridgehead atoms. The molecule has 0 spiro atoms. The van der Waals surface area contributed by atoms with Crippen molar-refractivity contribution in [1.82, 2.24) is 10.7 Å². The van der Waals surface area contributed by atoms with Gasteiger partial charge in [0.25, 0.3) is 11.8 Å². The van der Waals surface area contributed by atoms with E-state index in [4.69, 9.17) is 0 Å². The van der Waals surface area contributed by atoms with Crippen molar-refractivity contribution < 1.29 is 9.59 Å². The maximum atomic E-state index is 12.2. The molecule has 0 aromatic heterocycles. The summed E-state index contributed by atoms with van der Waals surface area (Å²) in [5.41, 5.74) is 4.88. The third kappa shape index (κ3) is 6.58. The van der Waals surface area contributed by atoms with Gasteiger partial charge in [0.1, 0.15) is 0 Å². The number of benzene rings is 2. The van der Waals surface area contributed by atoms with Crippen molar-refractivity contribution in [2.75, 3.05) is 24.5 Å². The number of para-hydroxylation sites is 1. The Morgan fingerprint density at radius 1 is 0.963 bits per heavy atom. The van der Waals surface area contributed by atoms with E-state index in [0.717, 1.165) is 12.2 Å². The average Bonchev–Trinajstić information content (AvgIpc) is 2.73. The van der Waals surface area contributed by atoms with E-state index < -0.39 is 0 Å². The molecule has 2 rings (SSSR count). The summed E-state index contributed by atoms with van der Waals surface area (Å²) in [7, 11) is 0. The molecule has 6 heteroatoms. The van der Waals surface area contributed by atoms with Crippen LogP contribution in [-0.2, 0) is 4.79 Å². The summed E-state index contributed by atoms with van der Waals surface area (Å²) in [6.45, 7) is 5.16. The van der Waals surface area contributed by atoms with Crippen molar-refractivity contribution in [3.63, 3.8) is 0 Å². The Kier molecular flexibility index (Phi) is 8.03. The summed E-state index contributed by atoms with van der Waals surface area (Å²) in [6, 6.07) is 18.8. The minimum absolute atomic E-state index is 0.163. The molecule has 0 unspecified atom stereocenters. The number of anilines is 1. The molecule has 0 aliphatic heterocycles. The van der Waals surface area contributed by atoms with Crippen LogP contribution in [0.5, 0.6) is 0 Å². The van der Waals surface area contributed by atoms with Crippen molar-refractivity contribution in [2.45, 2.75) is 20.3 Å². The predicted octanol–water partition coefficient (Wildman–Crippen LogP) is 2.83. The summed E-state index contributed by atoms with van der Waals surface area (Å²) in [6.07, 6.45) is 0.630. The number of hydrazone groups is 1. The van der Waals surface area contributed by atoms with Crippen molar-refractivity contribution in [1.29, 1.82) is 0 Å². The molecule has 27 heavy (non-hydrogen) atoms. The SMILES string of the molecule is CCC(CNC(=O)c1ccccc1)=NNC(=O)CN(CC)c1ccccc1. The fourth-order valence-electron chi connectivity index (χ4n) is 2.49. The van der Waals surface area contributed by atoms with Crippen LogP contribution in [-0.4, -0.2) is 37.2 Å². The first kappa shape index (κ1) is 20.2. The normalized spacial score (nSPS) is 11.0. The highest BCUT2D eigenvalue weighted by atomic mass is 16.2. The molecule has 0 heterocycles. The standard InChI is InChI=1S/C21H26N4O2/c1-3-18(15-22-21(27)17-11-7-5-8-12-17)23-24-20(26)16-25(4-2)19-13-9-6-10-14-19/h5-14H,3-4,15-16H2,1-2H3,(H,22,27)(H,24,26). The lowest BCUT2D eigenvalue weighted by Crippen LogP contribution is -2.36. The van der Waals surface area contributed by atoms with Crippen LogP contribution in [0.3, 0.4) is 0 Å². The van der Waals surface area contributed by atoms with Gasteiger partial charge in [-0.3, -0.25) is 9.59 Å². The molecule has 2 N–H and O–H groups in total. The van der Waals surface area contributed by atoms with Gasteiger partial charge in [-0.15, -0.1) is 0 Å². The van der Waals surface area contributed by atoms with Crippen LogP contribution in [0.1, 0.15) is 30.6 Å². The molecule has 2 aromatic carbocycles. The second-order valence-electron chi connectivity index (χ2n) is 5.96. The first-order valence-corrected chi connectivity index (χ1v) is 9.11. The van der Waals surface area contributed by atoms with Crippen molar-refractivity contribution in [3.8, 4) is 0 Å². The van der Waals surface area contributed by atoms with Gasteiger partial charge in [-0.2, -0.15) is 5.10 Å². The molecule has 0 aliphatic carbocycles. The second-order valence-corrected chi connectivity index (χ2v) is 5.96. The zero-order chi connectivity index (χ0) is 19.5. The number of nitrogens with one attached hydrogen (secondary N) is 2. The van der Waals surface area contributed by atoms with Crippen LogP contribution in [0, 0.1) is 0 Å². The van der Waals surface area contributed by atoms with E-state index in [1.165, 1.54) is 0 Å². The monoisotopic (exact) mass is 366 g/mol. The number of hydrogen-bond acceptors (Lipinski definition) is 4. The Bertz CT molecular complexity index is 760. The quantitative estimate of drug-likeness (QED) is 0.529. The first-order valence-electron chi connectivity index (χ1n) is 9.11. The molecule has 2 amide bonds. The highest BCUT2D eigenvalue weighted by molar-refractivity contribution is 5.98. The molecule has 6 nitrogen and oxygen atoms in total. The Hall–Kier alpha value is -3.15. The van der Waals surface area contributed by atoms with Gasteiger partial charge in [0, 0.05) is 17.8 Å². The molecule has 0 saturated carbocycles. The zero-order valence-corrected chi connectivity index (χ0v) is 15.8. The smallest absolute Gasteiger partial charge is 0.259 e. The summed E-state index contributed by atoms with van der Waals surface area (Å²) in [5, 5.41) is 6.98. The molecule has 0 aliphatic rings. The molecule has 0 atom stereocenters. The molecule has 0 fully saturated rings. The number of carbonyl (C=O) groups is 2. The third-order valence-electron chi connectivity index (χ3n) is 4.07. The van der Waals surface area contributed by atoms with Crippen LogP contribution in [0.2, 0.25) is 0 Å². The third-order valence-corrected chi connectivity index (χ3v) is 4.07. The summed E-state index contributed by atoms with van der Waals surface area (Å²) >= 11 is 0. The number of amides is 2. The van der Waals surface area contributed by atoms with E-state index >= 15 is 0 Å². The summed E-state index contributed by atoms with van der Waals surface area (Å²) in [5.74, 6) is -0.356. The van der Waals surface area contributed by atoms with Crippen molar-refractivity contribution in [3.05, 3.63) is 66.2 Å². The molecular weight excluding hydrogens is 340 g/mol. The van der Waals surface area contributed by atoms with Gasteiger partial charge in [0.15, 0.2) is 0 Å². The van der Waals surface area contributed by atoms with Crippen LogP contribution in [0.25, 0.3) is 0 Å². The van der Waals surface area contributed by atoms with E-state index in [0.29, 0.717) is 24.2 Å². The predicted molar refractivity (Wildman–Crippen MR) is 109 cm³/mol. The Labute approximate surface area is 160 Å². The number of carbonyl (C=O) groups excluding carboxylic acids is 2. The van der Waals surface area contributed by atoms with E-state index in [9.17, 15) is 9.59 Å². The maximum Gasteiger partial charge on any atom is 0.259 e. The number of rotatable bonds is 9. The van der Waals surface area contributed by atoms with Gasteiger partial charge in [0.2, 0.25) is 0 Å². The van der Waals surface area contributed by atoms with Crippen LogP contribution in [0.15, 0.2) is 65.8 Å². The first-order chi connectivity index (χ1) is 13.1. The van der Waals surface area contributed by atoms with Crippen molar-refractivity contribution in [2.24, 2.45) is 5.10 Å². The summed E-state index contributed by atoms with van der Waals surface area (Å²) < 4.78 is 0. The van der Waals surface area contributed by atoms with Gasteiger partial charge in [-0.25, -0.2) is 5.43 Å². The minimum atomic E-state index is -0.193. The highest BCUT2D eigenvalue weighted by Gasteiger charge is 2.10. The van der Waals surface area contributed by atoms with E-state index in [1.807, 2.05) is 67.3 Å². The van der Waals surface area contributed by atoms with Crippen LogP contribution in [0.4, 0.5) is 5.69 Å². The lowest BCUT2D eigenvalue weighted by Gasteiger charge is -2.21. The number of nitrogens with zero attached hydrogens (tertiary/aromatic N) is 2. The Morgan fingerprint density at radius 3 is 2.19 bits per heavy atom. The molecule has 0 radical (unpaired) electrons. The number of hydrogen-bond donors (Lipinski definition) is 2. The van der Waals surface area contributed by atoms with E-state index in [1.54, 1.807) is 12.1 Å².